The van der Waals surface area contributed by atoms with Crippen molar-refractivity contribution in [2.45, 2.75) is 77.3 Å². The van der Waals surface area contributed by atoms with E-state index < -0.39 is 19.7 Å². The van der Waals surface area contributed by atoms with E-state index in [9.17, 15) is 16.8 Å². The number of thiocarbonyl (C=S) groups is 2. The summed E-state index contributed by atoms with van der Waals surface area (Å²) in [6.45, 7) is 9.63. The smallest absolute Gasteiger partial charge is 0.411 e. The summed E-state index contributed by atoms with van der Waals surface area (Å²) >= 11 is 20.2. The van der Waals surface area contributed by atoms with Crippen molar-refractivity contribution in [1.82, 2.24) is 9.80 Å². The first kappa shape index (κ1) is 33.9. The Bertz CT molecular complexity index is 811. The Morgan fingerprint density at radius 1 is 0.788 bits per heavy atom. The number of rotatable bonds is 8. The largest absolute Gasteiger partial charge is 2.00 e. The fourth-order valence-electron chi connectivity index (χ4n) is 4.21. The van der Waals surface area contributed by atoms with Crippen LogP contribution in [-0.4, -0.2) is 106 Å². The van der Waals surface area contributed by atoms with Crippen molar-refractivity contribution >= 4 is 101 Å². The predicted octanol–water partition coefficient (Wildman–Crippen LogP) is 2.61. The predicted molar refractivity (Wildman–Crippen MR) is 152 cm³/mol. The second-order valence-electron chi connectivity index (χ2n) is 9.22. The third kappa shape index (κ3) is 10.4. The van der Waals surface area contributed by atoms with Gasteiger partial charge in [-0.2, -0.15) is 0 Å². The SMILES string of the molecule is CCCCN(C(=S)[S-])C1(C)CCS(=O)(=O)C1.CCCCN(C(=S)[S-])C1(C)CCS(=O)(=O)C1.[Mg+2]. The molecular formula is C20H36MgN2O4S6. The van der Waals surface area contributed by atoms with Crippen LogP contribution < -0.4 is 0 Å². The topological polar surface area (TPSA) is 74.8 Å². The first-order valence-corrected chi connectivity index (χ1v) is 16.3. The van der Waals surface area contributed by atoms with Gasteiger partial charge in [0.15, 0.2) is 19.7 Å². The number of nitrogens with zero attached hydrogens (tertiary/aromatic N) is 2. The molecule has 6 nitrogen and oxygen atoms in total. The Hall–Kier alpha value is 0.886. The Morgan fingerprint density at radius 3 is 1.27 bits per heavy atom. The maximum atomic E-state index is 11.5. The average Bonchev–Trinajstić information content (AvgIpc) is 3.10. The van der Waals surface area contributed by atoms with Crippen molar-refractivity contribution in [2.24, 2.45) is 0 Å². The Balaban J connectivity index is 0.000000602. The average molecular weight is 585 g/mol. The third-order valence-electron chi connectivity index (χ3n) is 6.18. The minimum atomic E-state index is -2.91. The zero-order valence-corrected chi connectivity index (χ0v) is 26.5. The number of sulfone groups is 2. The standard InChI is InChI=1S/2C10H19NO2S3.Mg/c2*1-3-4-6-11(9(14)15)10(2)5-7-16(12,13)8-10;/h2*3-8H2,1-2H3,(H,14,15);/q;;+2/p-2. The van der Waals surface area contributed by atoms with Gasteiger partial charge in [-0.15, -0.1) is 0 Å². The van der Waals surface area contributed by atoms with Gasteiger partial charge in [0.05, 0.1) is 34.1 Å². The molecule has 0 saturated carbocycles. The zero-order chi connectivity index (χ0) is 24.8. The molecule has 0 amide bonds. The van der Waals surface area contributed by atoms with E-state index in [0.717, 1.165) is 38.8 Å². The van der Waals surface area contributed by atoms with Crippen LogP contribution in [0.3, 0.4) is 0 Å². The van der Waals surface area contributed by atoms with E-state index >= 15 is 0 Å². The molecule has 0 aromatic heterocycles. The Labute approximate surface area is 239 Å². The normalized spacial score (nSPS) is 27.0. The van der Waals surface area contributed by atoms with E-state index in [1.54, 1.807) is 0 Å². The zero-order valence-electron chi connectivity index (χ0n) is 20.2. The van der Waals surface area contributed by atoms with Gasteiger partial charge in [0, 0.05) is 13.1 Å². The maximum Gasteiger partial charge on any atom is 2.00 e. The van der Waals surface area contributed by atoms with Gasteiger partial charge in [-0.05, 0) is 39.5 Å². The molecule has 2 fully saturated rings. The van der Waals surface area contributed by atoms with Gasteiger partial charge in [-0.1, -0.05) is 35.3 Å². The molecule has 0 aromatic rings. The fourth-order valence-corrected chi connectivity index (χ4v) is 9.74. The Morgan fingerprint density at radius 2 is 1.09 bits per heavy atom. The van der Waals surface area contributed by atoms with Crippen molar-refractivity contribution in [3.63, 3.8) is 0 Å². The van der Waals surface area contributed by atoms with E-state index in [0.29, 0.717) is 21.5 Å². The molecule has 13 heteroatoms. The maximum absolute atomic E-state index is 11.5. The van der Waals surface area contributed by atoms with Crippen molar-refractivity contribution in [1.29, 1.82) is 0 Å². The molecule has 33 heavy (non-hydrogen) atoms. The van der Waals surface area contributed by atoms with Gasteiger partial charge < -0.3 is 59.5 Å². The van der Waals surface area contributed by atoms with Crippen LogP contribution in [-0.2, 0) is 44.9 Å². The second kappa shape index (κ2) is 14.0. The summed E-state index contributed by atoms with van der Waals surface area (Å²) in [6, 6.07) is 0. The number of hydrogen-bond acceptors (Lipinski definition) is 8. The summed E-state index contributed by atoms with van der Waals surface area (Å²) in [4.78, 5) is 3.84. The number of hydrogen-bond donors (Lipinski definition) is 0. The van der Waals surface area contributed by atoms with Gasteiger partial charge in [-0.3, -0.25) is 0 Å². The van der Waals surface area contributed by atoms with Gasteiger partial charge >= 0.3 is 23.1 Å². The summed E-state index contributed by atoms with van der Waals surface area (Å²) in [5, 5.41) is 0. The van der Waals surface area contributed by atoms with Crippen LogP contribution in [0.4, 0.5) is 0 Å². The fraction of sp³-hybridized carbons (Fsp3) is 0.900. The first-order valence-electron chi connectivity index (χ1n) is 11.0. The van der Waals surface area contributed by atoms with Crippen molar-refractivity contribution in [3.8, 4) is 0 Å². The van der Waals surface area contributed by atoms with E-state index in [-0.39, 0.29) is 57.1 Å². The molecule has 2 aliphatic heterocycles. The molecule has 2 heterocycles. The van der Waals surface area contributed by atoms with Gasteiger partial charge in [0.1, 0.15) is 0 Å². The first-order chi connectivity index (χ1) is 14.6. The van der Waals surface area contributed by atoms with Crippen molar-refractivity contribution in [2.75, 3.05) is 36.1 Å². The van der Waals surface area contributed by atoms with Gasteiger partial charge in [0.2, 0.25) is 0 Å². The molecule has 0 N–H and O–H groups in total. The molecular weight excluding hydrogens is 549 g/mol. The molecule has 0 spiro atoms. The van der Waals surface area contributed by atoms with Crippen LogP contribution in [0.5, 0.6) is 0 Å². The van der Waals surface area contributed by atoms with Crippen LogP contribution in [0.1, 0.15) is 66.2 Å². The van der Waals surface area contributed by atoms with E-state index in [4.69, 9.17) is 49.7 Å². The van der Waals surface area contributed by atoms with E-state index in [1.807, 2.05) is 23.6 Å². The van der Waals surface area contributed by atoms with Crippen LogP contribution in [0.25, 0.3) is 0 Å². The quantitative estimate of drug-likeness (QED) is 0.241. The molecule has 0 radical (unpaired) electrons. The van der Waals surface area contributed by atoms with E-state index in [1.165, 1.54) is 0 Å². The van der Waals surface area contributed by atoms with Crippen molar-refractivity contribution in [3.05, 3.63) is 0 Å². The number of unbranched alkanes of at least 4 members (excludes halogenated alkanes) is 2. The minimum Gasteiger partial charge on any atom is -0.411 e. The summed E-state index contributed by atoms with van der Waals surface area (Å²) in [5.74, 6) is 0.870. The molecule has 2 rings (SSSR count). The molecule has 0 aliphatic carbocycles. The van der Waals surface area contributed by atoms with Crippen molar-refractivity contribution < 1.29 is 16.8 Å². The van der Waals surface area contributed by atoms with Crippen LogP contribution in [0.2, 0.25) is 0 Å². The monoisotopic (exact) mass is 584 g/mol. The molecule has 2 atom stereocenters. The van der Waals surface area contributed by atoms with Crippen LogP contribution in [0, 0.1) is 0 Å². The summed E-state index contributed by atoms with van der Waals surface area (Å²) < 4.78 is 47.0. The second-order valence-corrected chi connectivity index (χ2v) is 15.7. The molecule has 188 valence electrons. The minimum absolute atomic E-state index is 0. The summed E-state index contributed by atoms with van der Waals surface area (Å²) in [6.07, 6.45) is 5.36. The van der Waals surface area contributed by atoms with Crippen LogP contribution >= 0.6 is 24.4 Å². The van der Waals surface area contributed by atoms with Gasteiger partial charge in [-0.25, -0.2) is 16.8 Å². The van der Waals surface area contributed by atoms with E-state index in [2.05, 4.69) is 13.8 Å². The molecule has 2 aliphatic rings. The Kier molecular flexibility index (Phi) is 14.4. The summed E-state index contributed by atoms with van der Waals surface area (Å²) in [5.41, 5.74) is -0.764. The van der Waals surface area contributed by atoms with Crippen LogP contribution in [0.15, 0.2) is 0 Å². The summed E-state index contributed by atoms with van der Waals surface area (Å²) in [7, 11) is -5.81. The molecule has 0 bridgehead atoms. The third-order valence-corrected chi connectivity index (χ3v) is 10.8. The van der Waals surface area contributed by atoms with Gasteiger partial charge in [0.25, 0.3) is 0 Å². The molecule has 2 saturated heterocycles. The molecule has 2 unspecified atom stereocenters. The molecule has 0 aromatic carbocycles.